The number of piperidine rings is 1. The molecule has 0 radical (unpaired) electrons. The summed E-state index contributed by atoms with van der Waals surface area (Å²) in [6.07, 6.45) is 7.19. The van der Waals surface area contributed by atoms with Gasteiger partial charge in [0.15, 0.2) is 0 Å². The monoisotopic (exact) mass is 274 g/mol. The maximum atomic E-state index is 11.2. The Morgan fingerprint density at radius 3 is 2.33 bits per heavy atom. The molecule has 2 unspecified atom stereocenters. The van der Waals surface area contributed by atoms with Crippen LogP contribution in [0.5, 0.6) is 0 Å². The number of nitrogens with zero attached hydrogens (tertiary/aromatic N) is 1. The van der Waals surface area contributed by atoms with Crippen LogP contribution >= 0.6 is 0 Å². The van der Waals surface area contributed by atoms with E-state index < -0.39 is 9.84 Å². The highest BCUT2D eigenvalue weighted by atomic mass is 32.2. The molecule has 4 nitrogen and oxygen atoms in total. The molecule has 0 aliphatic carbocycles. The highest BCUT2D eigenvalue weighted by Crippen LogP contribution is 2.35. The number of rotatable bonds is 6. The van der Waals surface area contributed by atoms with E-state index in [4.69, 9.17) is 0 Å². The van der Waals surface area contributed by atoms with Crippen LogP contribution in [0.3, 0.4) is 0 Å². The third-order valence-corrected chi connectivity index (χ3v) is 5.34. The van der Waals surface area contributed by atoms with E-state index in [1.54, 1.807) is 0 Å². The summed E-state index contributed by atoms with van der Waals surface area (Å²) in [7, 11) is -2.80. The first kappa shape index (κ1) is 14.3. The Labute approximate surface area is 111 Å². The van der Waals surface area contributed by atoms with Crippen LogP contribution in [-0.4, -0.2) is 56.5 Å². The van der Waals surface area contributed by atoms with Crippen molar-refractivity contribution >= 4 is 9.84 Å². The van der Waals surface area contributed by atoms with Crippen molar-refractivity contribution in [1.29, 1.82) is 0 Å². The first-order valence-electron chi connectivity index (χ1n) is 7.16. The number of hydrogen-bond acceptors (Lipinski definition) is 4. The molecule has 2 aliphatic heterocycles. The van der Waals surface area contributed by atoms with Gasteiger partial charge in [0.25, 0.3) is 0 Å². The van der Waals surface area contributed by atoms with Crippen molar-refractivity contribution in [3.05, 3.63) is 0 Å². The Hall–Kier alpha value is -0.130. The van der Waals surface area contributed by atoms with Gasteiger partial charge in [-0.25, -0.2) is 8.42 Å². The molecule has 2 fully saturated rings. The van der Waals surface area contributed by atoms with E-state index in [0.717, 1.165) is 19.5 Å². The maximum Gasteiger partial charge on any atom is 0.147 e. The van der Waals surface area contributed by atoms with Crippen molar-refractivity contribution in [2.75, 3.05) is 25.1 Å². The number of fused-ring (bicyclic) bond motifs is 2. The number of hydrogen-bond donors (Lipinski definition) is 1. The average molecular weight is 274 g/mol. The minimum absolute atomic E-state index is 0.333. The lowest BCUT2D eigenvalue weighted by molar-refractivity contribution is 0.118. The van der Waals surface area contributed by atoms with Gasteiger partial charge < -0.3 is 5.32 Å². The quantitative estimate of drug-likeness (QED) is 0.786. The van der Waals surface area contributed by atoms with Gasteiger partial charge in [-0.1, -0.05) is 6.92 Å². The third kappa shape index (κ3) is 3.68. The first-order valence-corrected chi connectivity index (χ1v) is 9.22. The van der Waals surface area contributed by atoms with Crippen LogP contribution in [0.1, 0.15) is 39.0 Å². The fourth-order valence-electron chi connectivity index (χ4n) is 3.60. The molecule has 2 atom stereocenters. The SMILES string of the molecule is CCNC1CC2CCC(C1)N2CCCS(C)(=O)=O. The van der Waals surface area contributed by atoms with Crippen molar-refractivity contribution in [2.45, 2.75) is 57.2 Å². The van der Waals surface area contributed by atoms with E-state index in [1.165, 1.54) is 31.9 Å². The van der Waals surface area contributed by atoms with E-state index in [1.807, 2.05) is 0 Å². The summed E-state index contributed by atoms with van der Waals surface area (Å²) < 4.78 is 22.3. The van der Waals surface area contributed by atoms with Gasteiger partial charge in [0.05, 0.1) is 5.75 Å². The molecule has 0 aromatic heterocycles. The minimum atomic E-state index is -2.80. The van der Waals surface area contributed by atoms with Gasteiger partial charge in [-0.15, -0.1) is 0 Å². The van der Waals surface area contributed by atoms with Gasteiger partial charge in [0, 0.05) is 24.4 Å². The van der Waals surface area contributed by atoms with E-state index in [2.05, 4.69) is 17.1 Å². The van der Waals surface area contributed by atoms with Crippen LogP contribution in [0.15, 0.2) is 0 Å². The summed E-state index contributed by atoms with van der Waals surface area (Å²) in [4.78, 5) is 2.57. The second-order valence-corrected chi connectivity index (χ2v) is 8.09. The van der Waals surface area contributed by atoms with Crippen LogP contribution in [0.2, 0.25) is 0 Å². The van der Waals surface area contributed by atoms with Crippen LogP contribution in [0.25, 0.3) is 0 Å². The molecular weight excluding hydrogens is 248 g/mol. The van der Waals surface area contributed by atoms with Crippen LogP contribution in [-0.2, 0) is 9.84 Å². The molecule has 1 N–H and O–H groups in total. The Kier molecular flexibility index (Phi) is 4.67. The zero-order valence-electron chi connectivity index (χ0n) is 11.6. The van der Waals surface area contributed by atoms with Gasteiger partial charge in [0.1, 0.15) is 9.84 Å². The van der Waals surface area contributed by atoms with Crippen molar-refractivity contribution in [3.63, 3.8) is 0 Å². The van der Waals surface area contributed by atoms with E-state index in [9.17, 15) is 8.42 Å². The molecule has 2 aliphatic rings. The molecule has 0 saturated carbocycles. The molecular formula is C13H26N2O2S. The zero-order chi connectivity index (χ0) is 13.2. The zero-order valence-corrected chi connectivity index (χ0v) is 12.4. The van der Waals surface area contributed by atoms with Gasteiger partial charge in [0.2, 0.25) is 0 Å². The summed E-state index contributed by atoms with van der Waals surface area (Å²) in [6.45, 7) is 4.18. The van der Waals surface area contributed by atoms with Crippen molar-refractivity contribution in [3.8, 4) is 0 Å². The summed E-state index contributed by atoms with van der Waals surface area (Å²) >= 11 is 0. The van der Waals surface area contributed by atoms with Crippen LogP contribution in [0, 0.1) is 0 Å². The predicted octanol–water partition coefficient (Wildman–Crippen LogP) is 1.03. The first-order chi connectivity index (χ1) is 8.49. The van der Waals surface area contributed by atoms with Gasteiger partial charge in [-0.05, 0) is 45.2 Å². The van der Waals surface area contributed by atoms with E-state index in [-0.39, 0.29) is 0 Å². The standard InChI is InChI=1S/C13H26N2O2S/c1-3-14-11-9-12-5-6-13(10-11)15(12)7-4-8-18(2,16)17/h11-14H,3-10H2,1-2H3. The second kappa shape index (κ2) is 5.88. The van der Waals surface area contributed by atoms with Gasteiger partial charge in [-0.2, -0.15) is 0 Å². The van der Waals surface area contributed by atoms with Crippen LogP contribution in [0.4, 0.5) is 0 Å². The Morgan fingerprint density at radius 2 is 1.83 bits per heavy atom. The molecule has 18 heavy (non-hydrogen) atoms. The molecule has 5 heteroatoms. The fraction of sp³-hybridized carbons (Fsp3) is 1.00. The van der Waals surface area contributed by atoms with E-state index in [0.29, 0.717) is 23.9 Å². The number of nitrogens with one attached hydrogen (secondary N) is 1. The van der Waals surface area contributed by atoms with Crippen molar-refractivity contribution in [1.82, 2.24) is 10.2 Å². The Balaban J connectivity index is 1.81. The minimum Gasteiger partial charge on any atom is -0.314 e. The lowest BCUT2D eigenvalue weighted by Crippen LogP contribution is -2.49. The lowest BCUT2D eigenvalue weighted by atomic mass is 9.97. The largest absolute Gasteiger partial charge is 0.314 e. The summed E-state index contributed by atoms with van der Waals surface area (Å²) in [6, 6.07) is 2.05. The smallest absolute Gasteiger partial charge is 0.147 e. The summed E-state index contributed by atoms with van der Waals surface area (Å²) in [5, 5.41) is 3.56. The average Bonchev–Trinajstić information content (AvgIpc) is 2.51. The topological polar surface area (TPSA) is 49.4 Å². The van der Waals surface area contributed by atoms with Crippen molar-refractivity contribution < 1.29 is 8.42 Å². The molecule has 2 rings (SSSR count). The highest BCUT2D eigenvalue weighted by molar-refractivity contribution is 7.90. The molecule has 0 spiro atoms. The number of sulfone groups is 1. The highest BCUT2D eigenvalue weighted by Gasteiger charge is 2.39. The normalized spacial score (nSPS) is 32.9. The van der Waals surface area contributed by atoms with E-state index >= 15 is 0 Å². The third-order valence-electron chi connectivity index (χ3n) is 4.31. The van der Waals surface area contributed by atoms with Gasteiger partial charge in [-0.3, -0.25) is 4.90 Å². The second-order valence-electron chi connectivity index (χ2n) is 5.83. The van der Waals surface area contributed by atoms with Crippen molar-refractivity contribution in [2.24, 2.45) is 0 Å². The van der Waals surface area contributed by atoms with Crippen LogP contribution < -0.4 is 5.32 Å². The predicted molar refractivity (Wildman–Crippen MR) is 74.5 cm³/mol. The molecule has 0 aromatic rings. The fourth-order valence-corrected chi connectivity index (χ4v) is 4.26. The molecule has 2 heterocycles. The molecule has 2 saturated heterocycles. The Morgan fingerprint density at radius 1 is 1.22 bits per heavy atom. The molecule has 0 aromatic carbocycles. The molecule has 0 amide bonds. The summed E-state index contributed by atoms with van der Waals surface area (Å²) in [5.41, 5.74) is 0. The lowest BCUT2D eigenvalue weighted by Gasteiger charge is -2.39. The maximum absolute atomic E-state index is 11.2. The molecule has 106 valence electrons. The van der Waals surface area contributed by atoms with Gasteiger partial charge >= 0.3 is 0 Å². The Bertz CT molecular complexity index is 355. The molecule has 2 bridgehead atoms. The summed E-state index contributed by atoms with van der Waals surface area (Å²) in [5.74, 6) is 0.333.